The van der Waals surface area contributed by atoms with Gasteiger partial charge < -0.3 is 24.6 Å². The molecule has 0 saturated heterocycles. The van der Waals surface area contributed by atoms with Crippen molar-refractivity contribution in [2.75, 3.05) is 26.2 Å². The summed E-state index contributed by atoms with van der Waals surface area (Å²) in [6, 6.07) is 0. The smallest absolute Gasteiger partial charge is 0.312 e. The molecule has 0 heterocycles. The van der Waals surface area contributed by atoms with E-state index >= 15 is 0 Å². The summed E-state index contributed by atoms with van der Waals surface area (Å²) in [4.78, 5) is 35.9. The third-order valence-corrected chi connectivity index (χ3v) is 9.73. The average molecular weight is 638 g/mol. The number of carboxylic acids is 3. The lowest BCUT2D eigenvalue weighted by molar-refractivity contribution is -0.935. The molecule has 2 N–H and O–H groups in total. The van der Waals surface area contributed by atoms with Gasteiger partial charge >= 0.3 is 11.9 Å². The minimum absolute atomic E-state index is 0.190. The maximum Gasteiger partial charge on any atom is 0.312 e. The molecule has 0 aromatic heterocycles. The number of nitrogens with zero attached hydrogens (tertiary/aromatic N) is 1. The van der Waals surface area contributed by atoms with E-state index in [1.54, 1.807) is 6.92 Å². The average Bonchev–Trinajstić information content (AvgIpc) is 3.01. The maximum atomic E-state index is 12.0. The SMILES string of the molecule is CCCCCCCCCCCCCCCCCC/C=C/CCC[N+](CC(CC)C(=O)[O-])(CC(CC)C(=O)O)CC(CC)C(=O)O. The van der Waals surface area contributed by atoms with Crippen LogP contribution in [0.4, 0.5) is 0 Å². The van der Waals surface area contributed by atoms with Gasteiger partial charge in [-0.05, 0) is 38.5 Å². The molecule has 264 valence electrons. The van der Waals surface area contributed by atoms with E-state index in [1.807, 2.05) is 13.8 Å². The van der Waals surface area contributed by atoms with Gasteiger partial charge in [0.25, 0.3) is 0 Å². The summed E-state index contributed by atoms with van der Waals surface area (Å²) in [7, 11) is 0. The molecule has 45 heavy (non-hydrogen) atoms. The fraction of sp³-hybridized carbons (Fsp3) is 0.868. The number of allylic oxidation sites excluding steroid dienone is 2. The van der Waals surface area contributed by atoms with Crippen molar-refractivity contribution >= 4 is 17.9 Å². The maximum absolute atomic E-state index is 12.0. The Bertz CT molecular complexity index is 722. The van der Waals surface area contributed by atoms with Gasteiger partial charge in [0.2, 0.25) is 0 Å². The number of carbonyl (C=O) groups excluding carboxylic acids is 1. The zero-order chi connectivity index (χ0) is 33.8. The molecular formula is C38H71NO6. The van der Waals surface area contributed by atoms with Crippen LogP contribution in [0.15, 0.2) is 12.2 Å². The van der Waals surface area contributed by atoms with Crippen molar-refractivity contribution in [1.82, 2.24) is 0 Å². The van der Waals surface area contributed by atoms with Crippen LogP contribution in [-0.2, 0) is 14.4 Å². The third kappa shape index (κ3) is 22.3. The Hall–Kier alpha value is -1.89. The summed E-state index contributed by atoms with van der Waals surface area (Å²) in [5, 5.41) is 31.5. The second-order valence-corrected chi connectivity index (χ2v) is 13.6. The van der Waals surface area contributed by atoms with Gasteiger partial charge in [-0.25, -0.2) is 0 Å². The molecule has 0 fully saturated rings. The Labute approximate surface area is 276 Å². The minimum atomic E-state index is -1.15. The normalized spacial score (nSPS) is 15.1. The van der Waals surface area contributed by atoms with Crippen molar-refractivity contribution in [1.29, 1.82) is 0 Å². The topological polar surface area (TPSA) is 115 Å². The van der Waals surface area contributed by atoms with Crippen LogP contribution in [0.3, 0.4) is 0 Å². The summed E-state index contributed by atoms with van der Waals surface area (Å²) in [6.45, 7) is 8.94. The molecule has 0 radical (unpaired) electrons. The first-order valence-corrected chi connectivity index (χ1v) is 18.8. The molecule has 7 nitrogen and oxygen atoms in total. The number of unbranched alkanes of at least 4 members (excludes halogenated alkanes) is 17. The van der Waals surface area contributed by atoms with Crippen LogP contribution in [0.5, 0.6) is 0 Å². The minimum Gasteiger partial charge on any atom is -0.550 e. The quantitative estimate of drug-likeness (QED) is 0.0422. The number of aliphatic carboxylic acids is 3. The molecule has 0 aliphatic heterocycles. The van der Waals surface area contributed by atoms with Crippen molar-refractivity contribution in [2.45, 2.75) is 169 Å². The Kier molecular flexibility index (Phi) is 27.2. The Morgan fingerprint density at radius 1 is 0.533 bits per heavy atom. The second-order valence-electron chi connectivity index (χ2n) is 13.6. The van der Waals surface area contributed by atoms with Gasteiger partial charge in [-0.2, -0.15) is 0 Å². The highest BCUT2D eigenvalue weighted by atomic mass is 16.4. The first-order valence-electron chi connectivity index (χ1n) is 18.8. The van der Waals surface area contributed by atoms with Gasteiger partial charge in [-0.1, -0.05) is 136 Å². The number of carbonyl (C=O) groups is 3. The summed E-state index contributed by atoms with van der Waals surface area (Å²) in [5.74, 6) is -5.02. The fourth-order valence-corrected chi connectivity index (χ4v) is 6.62. The molecule has 3 atom stereocenters. The third-order valence-electron chi connectivity index (χ3n) is 9.73. The number of hydrogen-bond acceptors (Lipinski definition) is 4. The predicted molar refractivity (Wildman–Crippen MR) is 184 cm³/mol. The van der Waals surface area contributed by atoms with Crippen LogP contribution < -0.4 is 5.11 Å². The molecular weight excluding hydrogens is 566 g/mol. The van der Waals surface area contributed by atoms with E-state index in [0.29, 0.717) is 25.8 Å². The molecule has 0 aromatic rings. The van der Waals surface area contributed by atoms with E-state index in [1.165, 1.54) is 103 Å². The lowest BCUT2D eigenvalue weighted by Crippen LogP contribution is -2.59. The standard InChI is InChI=1S/C38H71NO6/c1-5-9-10-11-12-13-14-15-16-17-18-19-20-21-22-23-24-25-26-27-28-29-39(30-33(6-2)36(40)41,31-34(7-3)37(42)43)32-35(8-4)38(44)45/h25-26,33-35H,5-24,27-32H2,1-4H3,(H2-,40,41,42,43,44,45)/b26-25+. The number of hydrogen-bond donors (Lipinski definition) is 2. The van der Waals surface area contributed by atoms with Gasteiger partial charge in [0.05, 0.1) is 32.1 Å². The van der Waals surface area contributed by atoms with Gasteiger partial charge in [0, 0.05) is 12.3 Å². The van der Waals surface area contributed by atoms with E-state index in [2.05, 4.69) is 19.1 Å². The molecule has 0 aliphatic carbocycles. The highest BCUT2D eigenvalue weighted by molar-refractivity contribution is 5.70. The molecule has 7 heteroatoms. The van der Waals surface area contributed by atoms with E-state index in [4.69, 9.17) is 0 Å². The molecule has 0 amide bonds. The van der Waals surface area contributed by atoms with E-state index in [0.717, 1.165) is 19.3 Å². The monoisotopic (exact) mass is 638 g/mol. The number of rotatable bonds is 33. The van der Waals surface area contributed by atoms with Crippen molar-refractivity contribution in [2.24, 2.45) is 17.8 Å². The first-order chi connectivity index (χ1) is 21.7. The Balaban J connectivity index is 4.55. The van der Waals surface area contributed by atoms with Crippen LogP contribution in [0.1, 0.15) is 169 Å². The van der Waals surface area contributed by atoms with Crippen LogP contribution >= 0.6 is 0 Å². The van der Waals surface area contributed by atoms with Gasteiger partial charge in [0.1, 0.15) is 11.8 Å². The van der Waals surface area contributed by atoms with Crippen LogP contribution in [0, 0.1) is 17.8 Å². The van der Waals surface area contributed by atoms with E-state index in [9.17, 15) is 29.7 Å². The van der Waals surface area contributed by atoms with Crippen molar-refractivity contribution in [3.05, 3.63) is 12.2 Å². The van der Waals surface area contributed by atoms with Crippen molar-refractivity contribution < 1.29 is 34.2 Å². The van der Waals surface area contributed by atoms with Crippen LogP contribution in [0.25, 0.3) is 0 Å². The molecule has 0 saturated carbocycles. The van der Waals surface area contributed by atoms with Crippen LogP contribution in [-0.4, -0.2) is 58.8 Å². The lowest BCUT2D eigenvalue weighted by atomic mass is 9.95. The predicted octanol–water partition coefficient (Wildman–Crippen LogP) is 8.79. The fourth-order valence-electron chi connectivity index (χ4n) is 6.62. The summed E-state index contributed by atoms with van der Waals surface area (Å²) < 4.78 is 0.190. The summed E-state index contributed by atoms with van der Waals surface area (Å²) in [6.07, 6.45) is 30.0. The molecule has 3 unspecified atom stereocenters. The summed E-state index contributed by atoms with van der Waals surface area (Å²) in [5.41, 5.74) is 0. The van der Waals surface area contributed by atoms with Crippen molar-refractivity contribution in [3.8, 4) is 0 Å². The second kappa shape index (κ2) is 28.3. The van der Waals surface area contributed by atoms with Crippen molar-refractivity contribution in [3.63, 3.8) is 0 Å². The van der Waals surface area contributed by atoms with Gasteiger partial charge in [-0.3, -0.25) is 9.59 Å². The first kappa shape index (κ1) is 43.1. The van der Waals surface area contributed by atoms with Gasteiger partial charge in [-0.15, -0.1) is 0 Å². The highest BCUT2D eigenvalue weighted by Gasteiger charge is 2.39. The largest absolute Gasteiger partial charge is 0.550 e. The molecule has 0 aromatic carbocycles. The molecule has 0 spiro atoms. The van der Waals surface area contributed by atoms with E-state index < -0.39 is 35.7 Å². The number of carboxylic acid groups (broad SMARTS) is 3. The number of quaternary nitrogens is 1. The summed E-state index contributed by atoms with van der Waals surface area (Å²) >= 11 is 0. The Morgan fingerprint density at radius 3 is 1.20 bits per heavy atom. The lowest BCUT2D eigenvalue weighted by Gasteiger charge is -2.44. The zero-order valence-corrected chi connectivity index (χ0v) is 29.7. The molecule has 0 bridgehead atoms. The van der Waals surface area contributed by atoms with Gasteiger partial charge in [0.15, 0.2) is 0 Å². The van der Waals surface area contributed by atoms with Crippen LogP contribution in [0.2, 0.25) is 0 Å². The molecule has 0 aliphatic rings. The Morgan fingerprint density at radius 2 is 0.867 bits per heavy atom. The zero-order valence-electron chi connectivity index (χ0n) is 29.7. The highest BCUT2D eigenvalue weighted by Crippen LogP contribution is 2.25. The van der Waals surface area contributed by atoms with E-state index in [-0.39, 0.29) is 24.1 Å². The molecule has 0 rings (SSSR count).